The Morgan fingerprint density at radius 3 is 2.71 bits per heavy atom. The van der Waals surface area contributed by atoms with Crippen molar-refractivity contribution in [2.24, 2.45) is 5.41 Å². The molecule has 0 aromatic rings. The smallest absolute Gasteiger partial charge is 0.330 e. The molecule has 0 aromatic heterocycles. The van der Waals surface area contributed by atoms with Crippen LogP contribution in [0.5, 0.6) is 0 Å². The molecule has 1 spiro atoms. The first kappa shape index (κ1) is 12.3. The zero-order valence-electron chi connectivity index (χ0n) is 10.5. The zero-order chi connectivity index (χ0) is 12.3. The van der Waals surface area contributed by atoms with E-state index in [9.17, 15) is 9.59 Å². The molecule has 0 aliphatic heterocycles. The summed E-state index contributed by atoms with van der Waals surface area (Å²) >= 11 is 0. The van der Waals surface area contributed by atoms with Crippen LogP contribution in [-0.2, 0) is 14.3 Å². The molecule has 94 valence electrons. The minimum absolute atomic E-state index is 0.288. The summed E-state index contributed by atoms with van der Waals surface area (Å²) in [6.45, 7) is 2.19. The van der Waals surface area contributed by atoms with Gasteiger partial charge in [-0.2, -0.15) is 0 Å². The predicted molar refractivity (Wildman–Crippen MR) is 64.5 cm³/mol. The molecule has 2 aliphatic carbocycles. The maximum Gasteiger partial charge on any atom is 0.330 e. The Labute approximate surface area is 102 Å². The number of ether oxygens (including phenoxy) is 1. The number of ketones is 1. The van der Waals surface area contributed by atoms with Gasteiger partial charge in [0.25, 0.3) is 0 Å². The van der Waals surface area contributed by atoms with Gasteiger partial charge in [-0.1, -0.05) is 6.42 Å². The van der Waals surface area contributed by atoms with Gasteiger partial charge >= 0.3 is 5.97 Å². The SMILES string of the molecule is CCOC(=O)/C=C1/CCCCC12CCCC2=O. The molecule has 1 atom stereocenters. The van der Waals surface area contributed by atoms with Gasteiger partial charge in [0.1, 0.15) is 5.78 Å². The number of rotatable bonds is 2. The molecule has 2 aliphatic rings. The van der Waals surface area contributed by atoms with Crippen LogP contribution < -0.4 is 0 Å². The van der Waals surface area contributed by atoms with Crippen molar-refractivity contribution in [1.82, 2.24) is 0 Å². The van der Waals surface area contributed by atoms with Crippen LogP contribution >= 0.6 is 0 Å². The second kappa shape index (κ2) is 5.03. The van der Waals surface area contributed by atoms with Gasteiger partial charge in [-0.3, -0.25) is 4.79 Å². The first-order valence-corrected chi connectivity index (χ1v) is 6.60. The fourth-order valence-corrected chi connectivity index (χ4v) is 3.21. The average Bonchev–Trinajstić information content (AvgIpc) is 2.65. The van der Waals surface area contributed by atoms with Gasteiger partial charge in [-0.25, -0.2) is 4.79 Å². The maximum absolute atomic E-state index is 12.1. The molecule has 3 nitrogen and oxygen atoms in total. The van der Waals surface area contributed by atoms with Crippen molar-refractivity contribution in [3.63, 3.8) is 0 Å². The van der Waals surface area contributed by atoms with E-state index in [2.05, 4.69) is 0 Å². The Hall–Kier alpha value is -1.12. The Kier molecular flexibility index (Phi) is 3.65. The van der Waals surface area contributed by atoms with Crippen LogP contribution in [0.1, 0.15) is 51.9 Å². The molecule has 2 saturated carbocycles. The summed E-state index contributed by atoms with van der Waals surface area (Å²) < 4.78 is 4.96. The molecular formula is C14H20O3. The third kappa shape index (κ3) is 2.28. The summed E-state index contributed by atoms with van der Waals surface area (Å²) in [4.78, 5) is 23.7. The maximum atomic E-state index is 12.1. The molecule has 3 heteroatoms. The highest BCUT2D eigenvalue weighted by Gasteiger charge is 2.45. The topological polar surface area (TPSA) is 43.4 Å². The summed E-state index contributed by atoms with van der Waals surface area (Å²) in [5.41, 5.74) is 0.732. The number of hydrogen-bond donors (Lipinski definition) is 0. The van der Waals surface area contributed by atoms with Crippen LogP contribution in [0.2, 0.25) is 0 Å². The summed E-state index contributed by atoms with van der Waals surface area (Å²) in [5.74, 6) is 0.0521. The van der Waals surface area contributed by atoms with Crippen molar-refractivity contribution in [3.8, 4) is 0 Å². The van der Waals surface area contributed by atoms with Gasteiger partial charge in [0.15, 0.2) is 0 Å². The lowest BCUT2D eigenvalue weighted by atomic mass is 9.68. The van der Waals surface area contributed by atoms with Crippen molar-refractivity contribution in [3.05, 3.63) is 11.6 Å². The summed E-state index contributed by atoms with van der Waals surface area (Å²) in [6, 6.07) is 0. The van der Waals surface area contributed by atoms with Gasteiger partial charge in [-0.05, 0) is 44.6 Å². The van der Waals surface area contributed by atoms with E-state index in [1.54, 1.807) is 13.0 Å². The molecule has 1 unspecified atom stereocenters. The predicted octanol–water partition coefficient (Wildman–Crippen LogP) is 2.79. The molecule has 0 bridgehead atoms. The number of allylic oxidation sites excluding steroid dienone is 1. The third-order valence-electron chi connectivity index (χ3n) is 4.03. The second-order valence-electron chi connectivity index (χ2n) is 4.99. The molecule has 0 aromatic carbocycles. The van der Waals surface area contributed by atoms with Crippen molar-refractivity contribution >= 4 is 11.8 Å². The fourth-order valence-electron chi connectivity index (χ4n) is 3.21. The van der Waals surface area contributed by atoms with E-state index < -0.39 is 0 Å². The van der Waals surface area contributed by atoms with E-state index in [0.29, 0.717) is 18.8 Å². The summed E-state index contributed by atoms with van der Waals surface area (Å²) in [7, 11) is 0. The Bertz CT molecular complexity index is 356. The lowest BCUT2D eigenvalue weighted by Crippen LogP contribution is -2.31. The molecular weight excluding hydrogens is 216 g/mol. The van der Waals surface area contributed by atoms with E-state index in [1.807, 2.05) is 0 Å². The number of carbonyl (C=O) groups excluding carboxylic acids is 2. The standard InChI is InChI=1S/C14H20O3/c1-2-17-13(16)10-11-6-3-4-8-14(11)9-5-7-12(14)15/h10H,2-9H2,1H3/b11-10-. The summed E-state index contributed by atoms with van der Waals surface area (Å²) in [5, 5.41) is 0. The molecule has 0 N–H and O–H groups in total. The van der Waals surface area contributed by atoms with Crippen LogP contribution in [-0.4, -0.2) is 18.4 Å². The van der Waals surface area contributed by atoms with Crippen molar-refractivity contribution < 1.29 is 14.3 Å². The lowest BCUT2D eigenvalue weighted by molar-refractivity contribution is -0.137. The Morgan fingerprint density at radius 1 is 1.29 bits per heavy atom. The first-order chi connectivity index (χ1) is 8.19. The summed E-state index contributed by atoms with van der Waals surface area (Å²) in [6.07, 6.45) is 8.16. The normalized spacial score (nSPS) is 31.1. The van der Waals surface area contributed by atoms with Crippen LogP contribution in [0.25, 0.3) is 0 Å². The molecule has 0 saturated heterocycles. The molecule has 0 amide bonds. The van der Waals surface area contributed by atoms with Crippen LogP contribution in [0, 0.1) is 5.41 Å². The monoisotopic (exact) mass is 236 g/mol. The lowest BCUT2D eigenvalue weighted by Gasteiger charge is -2.34. The van der Waals surface area contributed by atoms with Crippen LogP contribution in [0.15, 0.2) is 11.6 Å². The fraction of sp³-hybridized carbons (Fsp3) is 0.714. The van der Waals surface area contributed by atoms with Gasteiger partial charge < -0.3 is 4.74 Å². The van der Waals surface area contributed by atoms with Gasteiger partial charge in [0.2, 0.25) is 0 Å². The Morgan fingerprint density at radius 2 is 2.06 bits per heavy atom. The van der Waals surface area contributed by atoms with E-state index >= 15 is 0 Å². The highest BCUT2D eigenvalue weighted by molar-refractivity contribution is 5.92. The van der Waals surface area contributed by atoms with Crippen LogP contribution in [0.3, 0.4) is 0 Å². The van der Waals surface area contributed by atoms with Crippen molar-refractivity contribution in [1.29, 1.82) is 0 Å². The van der Waals surface area contributed by atoms with Gasteiger partial charge in [0.05, 0.1) is 12.0 Å². The molecule has 2 rings (SSSR count). The number of carbonyl (C=O) groups is 2. The Balaban J connectivity index is 2.23. The molecule has 0 heterocycles. The first-order valence-electron chi connectivity index (χ1n) is 6.60. The number of esters is 1. The van der Waals surface area contributed by atoms with Crippen molar-refractivity contribution in [2.45, 2.75) is 51.9 Å². The van der Waals surface area contributed by atoms with Gasteiger partial charge in [0, 0.05) is 12.5 Å². The van der Waals surface area contributed by atoms with E-state index in [0.717, 1.165) is 44.1 Å². The second-order valence-corrected chi connectivity index (χ2v) is 4.99. The zero-order valence-corrected chi connectivity index (χ0v) is 10.5. The van der Waals surface area contributed by atoms with E-state index in [-0.39, 0.29) is 11.4 Å². The quantitative estimate of drug-likeness (QED) is 0.547. The highest BCUT2D eigenvalue weighted by atomic mass is 16.5. The molecule has 0 radical (unpaired) electrons. The number of hydrogen-bond acceptors (Lipinski definition) is 3. The molecule has 2 fully saturated rings. The highest BCUT2D eigenvalue weighted by Crippen LogP contribution is 2.49. The van der Waals surface area contributed by atoms with Crippen LogP contribution in [0.4, 0.5) is 0 Å². The minimum atomic E-state index is -0.301. The minimum Gasteiger partial charge on any atom is -0.463 e. The molecule has 17 heavy (non-hydrogen) atoms. The van der Waals surface area contributed by atoms with E-state index in [4.69, 9.17) is 4.74 Å². The average molecular weight is 236 g/mol. The van der Waals surface area contributed by atoms with Gasteiger partial charge in [-0.15, -0.1) is 0 Å². The largest absolute Gasteiger partial charge is 0.463 e. The van der Waals surface area contributed by atoms with E-state index in [1.165, 1.54) is 0 Å². The van der Waals surface area contributed by atoms with Crippen molar-refractivity contribution in [2.75, 3.05) is 6.61 Å². The third-order valence-corrected chi connectivity index (χ3v) is 4.03. The number of Topliss-reactive ketones (excluding diaryl/α,β-unsaturated/α-hetero) is 1.